The topological polar surface area (TPSA) is 79.6 Å². The van der Waals surface area contributed by atoms with Crippen molar-refractivity contribution in [2.45, 2.75) is 17.7 Å². The molecule has 28 heavy (non-hydrogen) atoms. The van der Waals surface area contributed by atoms with Crippen molar-refractivity contribution in [2.75, 3.05) is 17.4 Å². The second-order valence-electron chi connectivity index (χ2n) is 6.57. The Bertz CT molecular complexity index is 1090. The van der Waals surface area contributed by atoms with Crippen molar-refractivity contribution in [3.63, 3.8) is 0 Å². The summed E-state index contributed by atoms with van der Waals surface area (Å²) in [5, 5.41) is 2.79. The van der Waals surface area contributed by atoms with Crippen molar-refractivity contribution in [2.24, 2.45) is 0 Å². The highest BCUT2D eigenvalue weighted by atomic mass is 32.2. The molecule has 3 aromatic rings. The summed E-state index contributed by atoms with van der Waals surface area (Å²) in [6.45, 7) is 0.810. The van der Waals surface area contributed by atoms with Gasteiger partial charge in [0.25, 0.3) is 15.9 Å². The van der Waals surface area contributed by atoms with Crippen LogP contribution in [-0.4, -0.2) is 27.4 Å². The lowest BCUT2D eigenvalue weighted by Crippen LogP contribution is -2.30. The zero-order valence-corrected chi connectivity index (χ0v) is 16.0. The third kappa shape index (κ3) is 3.53. The summed E-state index contributed by atoms with van der Waals surface area (Å²) in [7, 11) is -3.73. The van der Waals surface area contributed by atoms with Gasteiger partial charge >= 0.3 is 0 Å². The third-order valence-electron chi connectivity index (χ3n) is 4.77. The van der Waals surface area contributed by atoms with Gasteiger partial charge in [0.2, 0.25) is 0 Å². The number of hydrogen-bond donors (Lipinski definition) is 1. The molecule has 1 N–H and O–H groups in total. The summed E-state index contributed by atoms with van der Waals surface area (Å²) in [5.74, 6) is 0.467. The Morgan fingerprint density at radius 1 is 1.07 bits per heavy atom. The standard InChI is InChI=1S/C21H20N2O4S/c24-21(22-12-10-18-7-4-14-27-18)17-6-3-8-19(15-17)28(25,26)23-13-11-16-5-1-2-9-20(16)23/h1-9,14-15H,10-13H2,(H,22,24). The highest BCUT2D eigenvalue weighted by Crippen LogP contribution is 2.32. The molecule has 0 saturated heterocycles. The van der Waals surface area contributed by atoms with Crippen LogP contribution in [0.1, 0.15) is 21.7 Å². The first-order valence-corrected chi connectivity index (χ1v) is 10.5. The molecule has 144 valence electrons. The number of amides is 1. The molecule has 0 radical (unpaired) electrons. The van der Waals surface area contributed by atoms with Crippen LogP contribution in [0.15, 0.2) is 76.2 Å². The summed E-state index contributed by atoms with van der Waals surface area (Å²) in [6.07, 6.45) is 2.84. The average molecular weight is 396 g/mol. The first-order chi connectivity index (χ1) is 13.6. The predicted molar refractivity (Wildman–Crippen MR) is 106 cm³/mol. The second kappa shape index (κ2) is 7.52. The second-order valence-corrected chi connectivity index (χ2v) is 8.43. The lowest BCUT2D eigenvalue weighted by Gasteiger charge is -2.20. The molecule has 0 unspecified atom stereocenters. The minimum Gasteiger partial charge on any atom is -0.469 e. The molecule has 1 aliphatic heterocycles. The van der Waals surface area contributed by atoms with Gasteiger partial charge in [-0.1, -0.05) is 24.3 Å². The van der Waals surface area contributed by atoms with Crippen molar-refractivity contribution < 1.29 is 17.6 Å². The predicted octanol–water partition coefficient (Wildman–Crippen LogP) is 3.00. The van der Waals surface area contributed by atoms with Crippen LogP contribution in [-0.2, 0) is 22.9 Å². The molecule has 0 fully saturated rings. The van der Waals surface area contributed by atoms with Gasteiger partial charge in [-0.3, -0.25) is 9.10 Å². The number of carbonyl (C=O) groups excluding carboxylic acids is 1. The highest BCUT2D eigenvalue weighted by Gasteiger charge is 2.30. The molecular formula is C21H20N2O4S. The Balaban J connectivity index is 1.51. The fourth-order valence-electron chi connectivity index (χ4n) is 3.34. The van der Waals surface area contributed by atoms with E-state index in [9.17, 15) is 13.2 Å². The Morgan fingerprint density at radius 2 is 1.93 bits per heavy atom. The smallest absolute Gasteiger partial charge is 0.264 e. The third-order valence-corrected chi connectivity index (χ3v) is 6.58. The molecule has 0 aliphatic carbocycles. The van der Waals surface area contributed by atoms with Gasteiger partial charge in [-0.15, -0.1) is 0 Å². The number of furan rings is 1. The molecule has 6 nitrogen and oxygen atoms in total. The zero-order chi connectivity index (χ0) is 19.6. The minimum atomic E-state index is -3.73. The first-order valence-electron chi connectivity index (χ1n) is 9.07. The molecule has 0 saturated carbocycles. The fourth-order valence-corrected chi connectivity index (χ4v) is 4.89. The maximum atomic E-state index is 13.1. The summed E-state index contributed by atoms with van der Waals surface area (Å²) in [5.41, 5.74) is 2.03. The van der Waals surface area contributed by atoms with E-state index in [1.54, 1.807) is 24.5 Å². The number of carbonyl (C=O) groups is 1. The molecule has 2 heterocycles. The van der Waals surface area contributed by atoms with Gasteiger partial charge in [0.05, 0.1) is 16.8 Å². The summed E-state index contributed by atoms with van der Waals surface area (Å²) < 4.78 is 32.9. The van der Waals surface area contributed by atoms with Crippen LogP contribution in [0.3, 0.4) is 0 Å². The Labute approximate surface area is 163 Å². The number of fused-ring (bicyclic) bond motifs is 1. The number of nitrogens with zero attached hydrogens (tertiary/aromatic N) is 1. The van der Waals surface area contributed by atoms with E-state index in [1.807, 2.05) is 30.3 Å². The van der Waals surface area contributed by atoms with E-state index in [2.05, 4.69) is 5.32 Å². The van der Waals surface area contributed by atoms with Gasteiger partial charge in [-0.05, 0) is 48.4 Å². The SMILES string of the molecule is O=C(NCCc1ccco1)c1cccc(S(=O)(=O)N2CCc3ccccc32)c1. The molecule has 1 aromatic heterocycles. The number of nitrogens with one attached hydrogen (secondary N) is 1. The van der Waals surface area contributed by atoms with Crippen molar-refractivity contribution in [3.8, 4) is 0 Å². The minimum absolute atomic E-state index is 0.114. The van der Waals surface area contributed by atoms with Crippen molar-refractivity contribution >= 4 is 21.6 Å². The average Bonchev–Trinajstić information content (AvgIpc) is 3.38. The molecule has 0 atom stereocenters. The van der Waals surface area contributed by atoms with E-state index in [1.165, 1.54) is 16.4 Å². The number of hydrogen-bond acceptors (Lipinski definition) is 4. The molecule has 4 rings (SSSR count). The molecule has 1 amide bonds. The van der Waals surface area contributed by atoms with E-state index in [4.69, 9.17) is 4.42 Å². The van der Waals surface area contributed by atoms with Gasteiger partial charge in [0.1, 0.15) is 5.76 Å². The lowest BCUT2D eigenvalue weighted by atomic mass is 10.2. The molecule has 7 heteroatoms. The zero-order valence-electron chi connectivity index (χ0n) is 15.2. The summed E-state index contributed by atoms with van der Waals surface area (Å²) in [4.78, 5) is 12.5. The maximum Gasteiger partial charge on any atom is 0.264 e. The molecule has 0 spiro atoms. The van der Waals surface area contributed by atoms with Crippen molar-refractivity contribution in [1.82, 2.24) is 5.32 Å². The van der Waals surface area contributed by atoms with E-state index < -0.39 is 10.0 Å². The Kier molecular flexibility index (Phi) is 4.92. The van der Waals surface area contributed by atoms with Crippen molar-refractivity contribution in [1.29, 1.82) is 0 Å². The van der Waals surface area contributed by atoms with Crippen LogP contribution in [0, 0.1) is 0 Å². The number of anilines is 1. The van der Waals surface area contributed by atoms with Crippen LogP contribution < -0.4 is 9.62 Å². The van der Waals surface area contributed by atoms with Crippen molar-refractivity contribution in [3.05, 3.63) is 83.8 Å². The van der Waals surface area contributed by atoms with Crippen LogP contribution in [0.5, 0.6) is 0 Å². The van der Waals surface area contributed by atoms with Gasteiger partial charge in [-0.2, -0.15) is 0 Å². The normalized spacial score (nSPS) is 13.4. The van der Waals surface area contributed by atoms with Crippen LogP contribution >= 0.6 is 0 Å². The van der Waals surface area contributed by atoms with Crippen LogP contribution in [0.2, 0.25) is 0 Å². The van der Waals surface area contributed by atoms with Gasteiger partial charge in [0, 0.05) is 25.1 Å². The fraction of sp³-hybridized carbons (Fsp3) is 0.190. The van der Waals surface area contributed by atoms with E-state index >= 15 is 0 Å². The van der Waals surface area contributed by atoms with E-state index in [-0.39, 0.29) is 10.8 Å². The molecule has 2 aromatic carbocycles. The monoisotopic (exact) mass is 396 g/mol. The van der Waals surface area contributed by atoms with Crippen LogP contribution in [0.25, 0.3) is 0 Å². The van der Waals surface area contributed by atoms with Gasteiger partial charge in [-0.25, -0.2) is 8.42 Å². The Morgan fingerprint density at radius 3 is 2.75 bits per heavy atom. The number of para-hydroxylation sites is 1. The number of rotatable bonds is 6. The quantitative estimate of drug-likeness (QED) is 0.695. The number of sulfonamides is 1. The number of benzene rings is 2. The first kappa shape index (κ1) is 18.3. The maximum absolute atomic E-state index is 13.1. The Hall–Kier alpha value is -3.06. The summed E-state index contributed by atoms with van der Waals surface area (Å²) >= 11 is 0. The largest absolute Gasteiger partial charge is 0.469 e. The van der Waals surface area contributed by atoms with Gasteiger partial charge in [0.15, 0.2) is 0 Å². The highest BCUT2D eigenvalue weighted by molar-refractivity contribution is 7.92. The molecule has 0 bridgehead atoms. The molecule has 1 aliphatic rings. The lowest BCUT2D eigenvalue weighted by molar-refractivity contribution is 0.0953. The van der Waals surface area contributed by atoms with Gasteiger partial charge < -0.3 is 9.73 Å². The van der Waals surface area contributed by atoms with E-state index in [0.29, 0.717) is 37.2 Å². The van der Waals surface area contributed by atoms with Crippen LogP contribution in [0.4, 0.5) is 5.69 Å². The molecular weight excluding hydrogens is 376 g/mol. The summed E-state index contributed by atoms with van der Waals surface area (Å²) in [6, 6.07) is 17.3. The van der Waals surface area contributed by atoms with E-state index in [0.717, 1.165) is 11.3 Å².